The lowest BCUT2D eigenvalue weighted by Crippen LogP contribution is -2.45. The van der Waals surface area contributed by atoms with Crippen LogP contribution in [0.15, 0.2) is 23.1 Å². The van der Waals surface area contributed by atoms with Crippen molar-refractivity contribution in [1.29, 1.82) is 0 Å². The first-order valence-electron chi connectivity index (χ1n) is 6.29. The van der Waals surface area contributed by atoms with E-state index in [2.05, 4.69) is 4.72 Å². The van der Waals surface area contributed by atoms with Crippen molar-refractivity contribution in [2.75, 3.05) is 18.5 Å². The number of sulfonamides is 1. The smallest absolute Gasteiger partial charge is 0.240 e. The van der Waals surface area contributed by atoms with Crippen LogP contribution in [0.2, 0.25) is 0 Å². The number of nitrogen functional groups attached to an aromatic ring is 1. The van der Waals surface area contributed by atoms with Gasteiger partial charge in [-0.25, -0.2) is 13.1 Å². The molecule has 0 atom stereocenters. The summed E-state index contributed by atoms with van der Waals surface area (Å²) in [4.78, 5) is 0.317. The summed E-state index contributed by atoms with van der Waals surface area (Å²) in [6.07, 6.45) is 5.39. The SMILES string of the molecule is CSC1(CNS(=O)(=O)c2ccc(N)cc2C)CCC1. The number of benzene rings is 1. The fraction of sp³-hybridized carbons (Fsp3) is 0.538. The van der Waals surface area contributed by atoms with Crippen molar-refractivity contribution in [3.63, 3.8) is 0 Å². The summed E-state index contributed by atoms with van der Waals surface area (Å²) in [6.45, 7) is 2.26. The number of aryl methyl sites for hydroxylation is 1. The number of anilines is 1. The molecule has 1 aliphatic rings. The molecule has 4 nitrogen and oxygen atoms in total. The second-order valence-corrected chi connectivity index (χ2v) is 8.10. The van der Waals surface area contributed by atoms with Crippen molar-refractivity contribution in [1.82, 2.24) is 4.72 Å². The molecule has 0 saturated heterocycles. The van der Waals surface area contributed by atoms with Gasteiger partial charge in [0.25, 0.3) is 0 Å². The standard InChI is InChI=1S/C13H20N2O2S2/c1-10-8-11(14)4-5-12(10)19(16,17)15-9-13(18-2)6-3-7-13/h4-5,8,15H,3,6-7,9,14H2,1-2H3. The molecule has 2 rings (SSSR count). The largest absolute Gasteiger partial charge is 0.399 e. The van der Waals surface area contributed by atoms with Gasteiger partial charge in [-0.3, -0.25) is 0 Å². The summed E-state index contributed by atoms with van der Waals surface area (Å²) in [5.41, 5.74) is 6.91. The lowest BCUT2D eigenvalue weighted by atomic mass is 9.84. The van der Waals surface area contributed by atoms with E-state index < -0.39 is 10.0 Å². The maximum atomic E-state index is 12.3. The fourth-order valence-corrected chi connectivity index (χ4v) is 4.66. The predicted octanol–water partition coefficient (Wildman–Crippen LogP) is 2.14. The topological polar surface area (TPSA) is 72.2 Å². The number of nitrogens with two attached hydrogens (primary N) is 1. The lowest BCUT2D eigenvalue weighted by Gasteiger charge is -2.40. The first kappa shape index (κ1) is 14.7. The van der Waals surface area contributed by atoms with Gasteiger partial charge in [0.15, 0.2) is 0 Å². The summed E-state index contributed by atoms with van der Waals surface area (Å²) in [6, 6.07) is 4.87. The minimum atomic E-state index is -3.45. The van der Waals surface area contributed by atoms with E-state index in [1.165, 1.54) is 6.42 Å². The fourth-order valence-electron chi connectivity index (χ4n) is 2.30. The van der Waals surface area contributed by atoms with Crippen LogP contribution in [0.4, 0.5) is 5.69 Å². The third-order valence-electron chi connectivity index (χ3n) is 3.77. The lowest BCUT2D eigenvalue weighted by molar-refractivity contribution is 0.362. The Hall–Kier alpha value is -0.720. The van der Waals surface area contributed by atoms with Crippen LogP contribution in [-0.4, -0.2) is 26.0 Å². The molecule has 0 bridgehead atoms. The van der Waals surface area contributed by atoms with E-state index in [1.807, 2.05) is 6.26 Å². The second kappa shape index (κ2) is 5.34. The molecule has 0 spiro atoms. The molecule has 0 heterocycles. The maximum Gasteiger partial charge on any atom is 0.240 e. The molecule has 1 aromatic rings. The van der Waals surface area contributed by atoms with Gasteiger partial charge >= 0.3 is 0 Å². The summed E-state index contributed by atoms with van der Waals surface area (Å²) in [7, 11) is -3.45. The summed E-state index contributed by atoms with van der Waals surface area (Å²) in [5, 5.41) is 0. The van der Waals surface area contributed by atoms with Crippen molar-refractivity contribution in [2.24, 2.45) is 0 Å². The average molecular weight is 300 g/mol. The van der Waals surface area contributed by atoms with E-state index in [0.29, 0.717) is 22.7 Å². The van der Waals surface area contributed by atoms with Crippen LogP contribution in [0, 0.1) is 6.92 Å². The van der Waals surface area contributed by atoms with E-state index in [0.717, 1.165) is 12.8 Å². The molecule has 0 aromatic heterocycles. The summed E-state index contributed by atoms with van der Waals surface area (Å²) in [5.74, 6) is 0. The maximum absolute atomic E-state index is 12.3. The molecule has 106 valence electrons. The van der Waals surface area contributed by atoms with Gasteiger partial charge in [-0.1, -0.05) is 6.42 Å². The molecule has 19 heavy (non-hydrogen) atoms. The number of thioether (sulfide) groups is 1. The van der Waals surface area contributed by atoms with Crippen LogP contribution in [0.3, 0.4) is 0 Å². The van der Waals surface area contributed by atoms with E-state index >= 15 is 0 Å². The first-order chi connectivity index (χ1) is 8.88. The van der Waals surface area contributed by atoms with Gasteiger partial charge in [0.2, 0.25) is 10.0 Å². The zero-order chi connectivity index (χ0) is 14.1. The van der Waals surface area contributed by atoms with E-state index in [4.69, 9.17) is 5.73 Å². The van der Waals surface area contributed by atoms with Crippen molar-refractivity contribution in [3.05, 3.63) is 23.8 Å². The summed E-state index contributed by atoms with van der Waals surface area (Å²) >= 11 is 1.75. The van der Waals surface area contributed by atoms with E-state index in [1.54, 1.807) is 36.9 Å². The van der Waals surface area contributed by atoms with Crippen molar-refractivity contribution >= 4 is 27.5 Å². The Bertz CT molecular complexity index is 560. The molecule has 0 aliphatic heterocycles. The Kier molecular flexibility index (Phi) is 4.13. The molecule has 1 aliphatic carbocycles. The van der Waals surface area contributed by atoms with Crippen LogP contribution in [0.5, 0.6) is 0 Å². The zero-order valence-electron chi connectivity index (χ0n) is 11.3. The monoisotopic (exact) mass is 300 g/mol. The van der Waals surface area contributed by atoms with Crippen LogP contribution in [0.1, 0.15) is 24.8 Å². The van der Waals surface area contributed by atoms with Crippen molar-refractivity contribution < 1.29 is 8.42 Å². The number of rotatable bonds is 5. The molecular formula is C13H20N2O2S2. The predicted molar refractivity (Wildman–Crippen MR) is 80.9 cm³/mol. The Labute approximate surface area is 119 Å². The highest BCUT2D eigenvalue weighted by atomic mass is 32.2. The average Bonchev–Trinajstić information content (AvgIpc) is 2.27. The van der Waals surface area contributed by atoms with Crippen molar-refractivity contribution in [3.8, 4) is 0 Å². The Morgan fingerprint density at radius 2 is 2.11 bits per heavy atom. The van der Waals surface area contributed by atoms with Crippen LogP contribution in [0.25, 0.3) is 0 Å². The third kappa shape index (κ3) is 3.07. The Morgan fingerprint density at radius 3 is 2.58 bits per heavy atom. The molecule has 3 N–H and O–H groups in total. The number of hydrogen-bond acceptors (Lipinski definition) is 4. The van der Waals surface area contributed by atoms with Gasteiger partial charge in [0.05, 0.1) is 4.90 Å². The Morgan fingerprint density at radius 1 is 1.42 bits per heavy atom. The molecule has 6 heteroatoms. The van der Waals surface area contributed by atoms with Gasteiger partial charge in [0.1, 0.15) is 0 Å². The molecule has 1 aromatic carbocycles. The number of nitrogens with one attached hydrogen (secondary N) is 1. The third-order valence-corrected chi connectivity index (χ3v) is 6.75. The highest BCUT2D eigenvalue weighted by molar-refractivity contribution is 8.00. The molecule has 1 fully saturated rings. The van der Waals surface area contributed by atoms with Crippen LogP contribution >= 0.6 is 11.8 Å². The van der Waals surface area contributed by atoms with Gasteiger partial charge in [-0.15, -0.1) is 0 Å². The molecule has 0 unspecified atom stereocenters. The van der Waals surface area contributed by atoms with E-state index in [-0.39, 0.29) is 4.75 Å². The minimum Gasteiger partial charge on any atom is -0.399 e. The van der Waals surface area contributed by atoms with Gasteiger partial charge in [0, 0.05) is 17.0 Å². The first-order valence-corrected chi connectivity index (χ1v) is 9.00. The zero-order valence-corrected chi connectivity index (χ0v) is 12.9. The molecular weight excluding hydrogens is 280 g/mol. The van der Waals surface area contributed by atoms with Gasteiger partial charge in [-0.2, -0.15) is 11.8 Å². The molecule has 1 saturated carbocycles. The van der Waals surface area contributed by atoms with Crippen molar-refractivity contribution in [2.45, 2.75) is 35.8 Å². The highest BCUT2D eigenvalue weighted by Gasteiger charge is 2.37. The van der Waals surface area contributed by atoms with Crippen LogP contribution in [-0.2, 0) is 10.0 Å². The minimum absolute atomic E-state index is 0.0920. The Balaban J connectivity index is 2.14. The summed E-state index contributed by atoms with van der Waals surface area (Å²) < 4.78 is 27.4. The normalized spacial score (nSPS) is 18.0. The molecule has 0 amide bonds. The van der Waals surface area contributed by atoms with Gasteiger partial charge in [-0.05, 0) is 49.8 Å². The molecule has 0 radical (unpaired) electrons. The van der Waals surface area contributed by atoms with Crippen LogP contribution < -0.4 is 10.5 Å². The highest BCUT2D eigenvalue weighted by Crippen LogP contribution is 2.42. The second-order valence-electron chi connectivity index (χ2n) is 5.09. The quantitative estimate of drug-likeness (QED) is 0.817. The van der Waals surface area contributed by atoms with E-state index in [9.17, 15) is 8.42 Å². The number of hydrogen-bond donors (Lipinski definition) is 2. The van der Waals surface area contributed by atoms with Gasteiger partial charge < -0.3 is 5.73 Å².